The number of anilines is 2. The maximum Gasteiger partial charge on any atom is 0.414 e. The predicted molar refractivity (Wildman–Crippen MR) is 99.0 cm³/mol. The Hall–Kier alpha value is -1.09. The average Bonchev–Trinajstić information content (AvgIpc) is 2.93. The molecule has 1 atom stereocenters. The molecule has 128 valence electrons. The van der Waals surface area contributed by atoms with Crippen molar-refractivity contribution in [3.63, 3.8) is 0 Å². The van der Waals surface area contributed by atoms with E-state index < -0.39 is 11.7 Å². The van der Waals surface area contributed by atoms with E-state index in [0.29, 0.717) is 5.69 Å². The summed E-state index contributed by atoms with van der Waals surface area (Å²) >= 11 is 2.20. The third kappa shape index (κ3) is 4.47. The third-order valence-corrected chi connectivity index (χ3v) is 4.59. The summed E-state index contributed by atoms with van der Waals surface area (Å²) < 4.78 is 6.31. The van der Waals surface area contributed by atoms with Gasteiger partial charge in [-0.15, -0.1) is 0 Å². The van der Waals surface area contributed by atoms with Gasteiger partial charge in [0.2, 0.25) is 0 Å². The SMILES string of the molecule is CN(C(=O)OC(C)(C)C)c1cnc(N2CCCC2CO)cc1I. The number of aromatic nitrogens is 1. The summed E-state index contributed by atoms with van der Waals surface area (Å²) in [5.74, 6) is 0.840. The summed E-state index contributed by atoms with van der Waals surface area (Å²) in [5, 5.41) is 9.45. The number of nitrogens with zero attached hydrogens (tertiary/aromatic N) is 3. The largest absolute Gasteiger partial charge is 0.443 e. The molecule has 1 aromatic heterocycles. The fourth-order valence-electron chi connectivity index (χ4n) is 2.57. The molecule has 1 saturated heterocycles. The molecule has 0 aromatic carbocycles. The van der Waals surface area contributed by atoms with Gasteiger partial charge in [-0.05, 0) is 62.3 Å². The molecular weight excluding hydrogens is 409 g/mol. The molecule has 2 rings (SSSR count). The van der Waals surface area contributed by atoms with Gasteiger partial charge in [-0.1, -0.05) is 0 Å². The van der Waals surface area contributed by atoms with Crippen LogP contribution in [0.1, 0.15) is 33.6 Å². The van der Waals surface area contributed by atoms with E-state index in [4.69, 9.17) is 4.74 Å². The molecule has 23 heavy (non-hydrogen) atoms. The van der Waals surface area contributed by atoms with Gasteiger partial charge in [-0.2, -0.15) is 0 Å². The Morgan fingerprint density at radius 1 is 1.57 bits per heavy atom. The molecule has 0 spiro atoms. The van der Waals surface area contributed by atoms with Crippen molar-refractivity contribution in [1.82, 2.24) is 4.98 Å². The van der Waals surface area contributed by atoms with Crippen LogP contribution in [0.3, 0.4) is 0 Å². The number of pyridine rings is 1. The van der Waals surface area contributed by atoms with Crippen molar-refractivity contribution >= 4 is 40.2 Å². The Morgan fingerprint density at radius 3 is 2.83 bits per heavy atom. The molecule has 2 heterocycles. The van der Waals surface area contributed by atoms with Crippen molar-refractivity contribution in [1.29, 1.82) is 0 Å². The number of carbonyl (C=O) groups is 1. The molecule has 1 aromatic rings. The Kier molecular flexibility index (Phi) is 5.72. The first-order valence-electron chi connectivity index (χ1n) is 7.72. The monoisotopic (exact) mass is 433 g/mol. The van der Waals surface area contributed by atoms with Crippen LogP contribution >= 0.6 is 22.6 Å². The number of rotatable bonds is 3. The molecule has 1 unspecified atom stereocenters. The maximum atomic E-state index is 12.2. The minimum Gasteiger partial charge on any atom is -0.443 e. The Balaban J connectivity index is 2.17. The number of aliphatic hydroxyl groups excluding tert-OH is 1. The molecule has 1 amide bonds. The van der Waals surface area contributed by atoms with Gasteiger partial charge in [0.1, 0.15) is 11.4 Å². The Bertz CT molecular complexity index is 574. The van der Waals surface area contributed by atoms with Gasteiger partial charge in [-0.3, -0.25) is 4.90 Å². The molecule has 1 aliphatic heterocycles. The highest BCUT2D eigenvalue weighted by Gasteiger charge is 2.26. The number of halogens is 1. The van der Waals surface area contributed by atoms with E-state index >= 15 is 0 Å². The van der Waals surface area contributed by atoms with Crippen LogP contribution in [0.4, 0.5) is 16.3 Å². The normalized spacial score (nSPS) is 18.2. The summed E-state index contributed by atoms with van der Waals surface area (Å²) in [6.45, 7) is 6.56. The van der Waals surface area contributed by atoms with E-state index in [-0.39, 0.29) is 12.6 Å². The van der Waals surface area contributed by atoms with Crippen LogP contribution in [0, 0.1) is 3.57 Å². The summed E-state index contributed by atoms with van der Waals surface area (Å²) in [5.41, 5.74) is 0.178. The van der Waals surface area contributed by atoms with Crippen LogP contribution in [0.2, 0.25) is 0 Å². The maximum absolute atomic E-state index is 12.2. The zero-order valence-electron chi connectivity index (χ0n) is 14.0. The second kappa shape index (κ2) is 7.21. The second-order valence-corrected chi connectivity index (χ2v) is 7.87. The number of aliphatic hydroxyl groups is 1. The van der Waals surface area contributed by atoms with E-state index in [2.05, 4.69) is 32.5 Å². The minimum atomic E-state index is -0.534. The molecule has 1 aliphatic rings. The molecule has 7 heteroatoms. The van der Waals surface area contributed by atoms with Crippen molar-refractivity contribution in [3.8, 4) is 0 Å². The van der Waals surface area contributed by atoms with Crippen molar-refractivity contribution in [3.05, 3.63) is 15.8 Å². The summed E-state index contributed by atoms with van der Waals surface area (Å²) in [6, 6.07) is 2.08. The minimum absolute atomic E-state index is 0.132. The van der Waals surface area contributed by atoms with Gasteiger partial charge < -0.3 is 14.7 Å². The van der Waals surface area contributed by atoms with Crippen LogP contribution in [0.15, 0.2) is 12.3 Å². The zero-order valence-corrected chi connectivity index (χ0v) is 16.2. The number of hydrogen-bond acceptors (Lipinski definition) is 5. The van der Waals surface area contributed by atoms with Crippen molar-refractivity contribution in [2.24, 2.45) is 0 Å². The Labute approximate surface area is 151 Å². The zero-order chi connectivity index (χ0) is 17.2. The lowest BCUT2D eigenvalue weighted by Gasteiger charge is -2.27. The number of hydrogen-bond donors (Lipinski definition) is 1. The van der Waals surface area contributed by atoms with Gasteiger partial charge in [0, 0.05) is 17.2 Å². The van der Waals surface area contributed by atoms with Gasteiger partial charge >= 0.3 is 6.09 Å². The molecular formula is C16H24IN3O3. The van der Waals surface area contributed by atoms with Gasteiger partial charge in [-0.25, -0.2) is 9.78 Å². The van der Waals surface area contributed by atoms with E-state index in [0.717, 1.165) is 28.8 Å². The smallest absolute Gasteiger partial charge is 0.414 e. The highest BCUT2D eigenvalue weighted by atomic mass is 127. The summed E-state index contributed by atoms with van der Waals surface area (Å²) in [4.78, 5) is 20.3. The van der Waals surface area contributed by atoms with Crippen molar-refractivity contribution in [2.75, 3.05) is 30.0 Å². The standard InChI is InChI=1S/C16H24IN3O3/c1-16(2,3)23-15(22)19(4)13-9-18-14(8-12(13)17)20-7-5-6-11(20)10-21/h8-9,11,21H,5-7,10H2,1-4H3. The predicted octanol–water partition coefficient (Wildman–Crippen LogP) is 3.02. The van der Waals surface area contributed by atoms with E-state index in [1.807, 2.05) is 26.8 Å². The highest BCUT2D eigenvalue weighted by molar-refractivity contribution is 14.1. The molecule has 0 aliphatic carbocycles. The first-order chi connectivity index (χ1) is 10.7. The molecule has 1 fully saturated rings. The molecule has 0 saturated carbocycles. The quantitative estimate of drug-likeness (QED) is 0.743. The molecule has 1 N–H and O–H groups in total. The van der Waals surface area contributed by atoms with Crippen LogP contribution in [-0.4, -0.2) is 48.0 Å². The highest BCUT2D eigenvalue weighted by Crippen LogP contribution is 2.29. The summed E-state index contributed by atoms with van der Waals surface area (Å²) in [7, 11) is 1.68. The van der Waals surface area contributed by atoms with Crippen LogP contribution in [0.5, 0.6) is 0 Å². The number of carbonyl (C=O) groups excluding carboxylic acids is 1. The van der Waals surface area contributed by atoms with Crippen LogP contribution in [-0.2, 0) is 4.74 Å². The first kappa shape index (κ1) is 18.3. The summed E-state index contributed by atoms with van der Waals surface area (Å²) in [6.07, 6.45) is 3.32. The topological polar surface area (TPSA) is 65.9 Å². The first-order valence-corrected chi connectivity index (χ1v) is 8.80. The second-order valence-electron chi connectivity index (χ2n) is 6.71. The van der Waals surface area contributed by atoms with Crippen molar-refractivity contribution in [2.45, 2.75) is 45.3 Å². The van der Waals surface area contributed by atoms with Gasteiger partial charge in [0.15, 0.2) is 0 Å². The lowest BCUT2D eigenvalue weighted by molar-refractivity contribution is 0.0589. The van der Waals surface area contributed by atoms with Crippen LogP contribution < -0.4 is 9.80 Å². The van der Waals surface area contributed by atoms with Gasteiger partial charge in [0.05, 0.1) is 24.5 Å². The van der Waals surface area contributed by atoms with E-state index in [1.165, 1.54) is 4.90 Å². The van der Waals surface area contributed by atoms with Gasteiger partial charge in [0.25, 0.3) is 0 Å². The number of ether oxygens (including phenoxy) is 1. The van der Waals surface area contributed by atoms with Crippen LogP contribution in [0.25, 0.3) is 0 Å². The molecule has 6 nitrogen and oxygen atoms in total. The Morgan fingerprint density at radius 2 is 2.26 bits per heavy atom. The average molecular weight is 433 g/mol. The van der Waals surface area contributed by atoms with E-state index in [1.54, 1.807) is 13.2 Å². The van der Waals surface area contributed by atoms with Crippen molar-refractivity contribution < 1.29 is 14.6 Å². The fourth-order valence-corrected chi connectivity index (χ4v) is 3.35. The molecule has 0 radical (unpaired) electrons. The lowest BCUT2D eigenvalue weighted by atomic mass is 10.2. The molecule has 0 bridgehead atoms. The van der Waals surface area contributed by atoms with E-state index in [9.17, 15) is 9.90 Å². The fraction of sp³-hybridized carbons (Fsp3) is 0.625. The lowest BCUT2D eigenvalue weighted by Crippen LogP contribution is -2.35. The number of amides is 1. The third-order valence-electron chi connectivity index (χ3n) is 3.73.